The average Bonchev–Trinajstić information content (AvgIpc) is 3.23. The minimum Gasteiger partial charge on any atom is -0.344 e. The lowest BCUT2D eigenvalue weighted by atomic mass is 9.96. The fourth-order valence-corrected chi connectivity index (χ4v) is 6.63. The lowest BCUT2D eigenvalue weighted by Gasteiger charge is -2.15. The van der Waals surface area contributed by atoms with Crippen molar-refractivity contribution in [3.63, 3.8) is 0 Å². The highest BCUT2D eigenvalue weighted by Crippen LogP contribution is 2.41. The number of rotatable bonds is 3. The van der Waals surface area contributed by atoms with Gasteiger partial charge >= 0.3 is 0 Å². The summed E-state index contributed by atoms with van der Waals surface area (Å²) in [7, 11) is 2.18. The van der Waals surface area contributed by atoms with Crippen LogP contribution in [0.25, 0.3) is 60.4 Å². The number of hydrogen-bond donors (Lipinski definition) is 0. The zero-order valence-electron chi connectivity index (χ0n) is 23.1. The third-order valence-electron chi connectivity index (χ3n) is 8.53. The van der Waals surface area contributed by atoms with E-state index in [-0.39, 0.29) is 0 Å². The number of benzene rings is 4. The Hall–Kier alpha value is -5.08. The van der Waals surface area contributed by atoms with Gasteiger partial charge in [0.2, 0.25) is 0 Å². The molecule has 196 valence electrons. The minimum absolute atomic E-state index is 0.932. The Morgan fingerprint density at radius 3 is 2.15 bits per heavy atom. The number of fused-ring (bicyclic) bond motifs is 7. The maximum Gasteiger partial charge on any atom is 0.0548 e. The second-order valence-electron chi connectivity index (χ2n) is 10.9. The summed E-state index contributed by atoms with van der Waals surface area (Å²) < 4.78 is 4.79. The summed E-state index contributed by atoms with van der Waals surface area (Å²) in [6, 6.07) is 29.3. The molecular formula is C39H30N2. The van der Waals surface area contributed by atoms with Crippen LogP contribution in [0.2, 0.25) is 0 Å². The molecule has 41 heavy (non-hydrogen) atoms. The van der Waals surface area contributed by atoms with Crippen LogP contribution in [0, 0.1) is 0 Å². The summed E-state index contributed by atoms with van der Waals surface area (Å²) in [4.78, 5) is 0. The molecule has 0 spiro atoms. The minimum atomic E-state index is 0.932. The van der Waals surface area contributed by atoms with Gasteiger partial charge in [0.25, 0.3) is 0 Å². The highest BCUT2D eigenvalue weighted by Gasteiger charge is 2.19. The third kappa shape index (κ3) is 3.79. The summed E-state index contributed by atoms with van der Waals surface area (Å²) in [6.45, 7) is 0. The fourth-order valence-electron chi connectivity index (χ4n) is 6.63. The van der Waals surface area contributed by atoms with Gasteiger partial charge < -0.3 is 9.13 Å². The molecule has 2 aliphatic rings. The van der Waals surface area contributed by atoms with Crippen LogP contribution < -0.4 is 0 Å². The Morgan fingerprint density at radius 2 is 1.27 bits per heavy atom. The summed E-state index contributed by atoms with van der Waals surface area (Å²) >= 11 is 0. The number of para-hydroxylation sites is 2. The molecule has 0 unspecified atom stereocenters. The highest BCUT2D eigenvalue weighted by atomic mass is 15.0. The summed E-state index contributed by atoms with van der Waals surface area (Å²) in [5.74, 6) is 0. The molecule has 0 amide bonds. The maximum atomic E-state index is 2.47. The van der Waals surface area contributed by atoms with Crippen LogP contribution >= 0.6 is 0 Å². The maximum absolute atomic E-state index is 2.47. The van der Waals surface area contributed by atoms with Crippen molar-refractivity contribution in [2.75, 3.05) is 0 Å². The van der Waals surface area contributed by atoms with E-state index in [0.717, 1.165) is 12.8 Å². The molecule has 2 heteroatoms. The summed E-state index contributed by atoms with van der Waals surface area (Å²) in [6.07, 6.45) is 24.1. The van der Waals surface area contributed by atoms with Crippen LogP contribution in [-0.4, -0.2) is 9.13 Å². The molecule has 6 aromatic rings. The van der Waals surface area contributed by atoms with Gasteiger partial charge in [-0.3, -0.25) is 0 Å². The monoisotopic (exact) mass is 526 g/mol. The van der Waals surface area contributed by atoms with Crippen molar-refractivity contribution < 1.29 is 0 Å². The molecule has 0 aliphatic heterocycles. The predicted molar refractivity (Wildman–Crippen MR) is 177 cm³/mol. The lowest BCUT2D eigenvalue weighted by molar-refractivity contribution is 1.01. The zero-order valence-corrected chi connectivity index (χ0v) is 23.1. The van der Waals surface area contributed by atoms with Crippen LogP contribution in [0.5, 0.6) is 0 Å². The van der Waals surface area contributed by atoms with Crippen molar-refractivity contribution in [3.8, 4) is 5.69 Å². The normalized spacial score (nSPS) is 15.1. The van der Waals surface area contributed by atoms with E-state index in [1.54, 1.807) is 0 Å². The van der Waals surface area contributed by atoms with E-state index in [0.29, 0.717) is 0 Å². The first-order chi connectivity index (χ1) is 20.3. The first-order valence-corrected chi connectivity index (χ1v) is 14.4. The second kappa shape index (κ2) is 9.53. The van der Waals surface area contributed by atoms with E-state index >= 15 is 0 Å². The molecule has 0 saturated carbocycles. The number of aryl methyl sites for hydroxylation is 1. The van der Waals surface area contributed by atoms with Crippen molar-refractivity contribution in [2.24, 2.45) is 7.05 Å². The number of aromatic nitrogens is 2. The van der Waals surface area contributed by atoms with Crippen LogP contribution in [-0.2, 0) is 7.05 Å². The number of nitrogens with zero attached hydrogens (tertiary/aromatic N) is 2. The first kappa shape index (κ1) is 23.8. The van der Waals surface area contributed by atoms with Crippen molar-refractivity contribution in [3.05, 3.63) is 151 Å². The Balaban J connectivity index is 1.48. The van der Waals surface area contributed by atoms with E-state index in [1.165, 1.54) is 71.6 Å². The average molecular weight is 527 g/mol. The zero-order chi connectivity index (χ0) is 27.3. The molecule has 8 rings (SSSR count). The van der Waals surface area contributed by atoms with Crippen molar-refractivity contribution in [2.45, 2.75) is 12.8 Å². The molecule has 0 bridgehead atoms. The molecule has 0 atom stereocenters. The molecular weight excluding hydrogens is 496 g/mol. The quantitative estimate of drug-likeness (QED) is 0.217. The Kier molecular flexibility index (Phi) is 5.53. The van der Waals surface area contributed by atoms with Crippen molar-refractivity contribution in [1.82, 2.24) is 9.13 Å². The van der Waals surface area contributed by atoms with Gasteiger partial charge in [-0.1, -0.05) is 97.2 Å². The first-order valence-electron chi connectivity index (χ1n) is 14.4. The standard InChI is InChI=1S/C39H30N2/c1-40-34-20-12-10-18-32(34)38-36(40)22-23-37-39(38)33-19-11-13-21-35(33)41(37)31-25-29(27-14-6-2-3-7-15-27)24-30(26-31)28-16-8-4-5-9-17-28/h2-4,6,8-26H,5,7H2,1H3. The molecule has 0 saturated heterocycles. The van der Waals surface area contributed by atoms with Crippen LogP contribution in [0.4, 0.5) is 0 Å². The molecule has 4 aromatic carbocycles. The van der Waals surface area contributed by atoms with E-state index in [4.69, 9.17) is 0 Å². The van der Waals surface area contributed by atoms with Crippen LogP contribution in [0.15, 0.2) is 140 Å². The van der Waals surface area contributed by atoms with Gasteiger partial charge in [0, 0.05) is 45.3 Å². The Morgan fingerprint density at radius 1 is 0.561 bits per heavy atom. The number of allylic oxidation sites excluding steroid dienone is 12. The van der Waals surface area contributed by atoms with Gasteiger partial charge in [0.15, 0.2) is 0 Å². The van der Waals surface area contributed by atoms with E-state index in [1.807, 2.05) is 0 Å². The molecule has 0 fully saturated rings. The lowest BCUT2D eigenvalue weighted by Crippen LogP contribution is -1.98. The summed E-state index contributed by atoms with van der Waals surface area (Å²) in [5, 5.41) is 5.23. The molecule has 2 aromatic heterocycles. The Bertz CT molecular complexity index is 2200. The molecule has 2 heterocycles. The van der Waals surface area contributed by atoms with Crippen molar-refractivity contribution >= 4 is 54.8 Å². The smallest absolute Gasteiger partial charge is 0.0548 e. The van der Waals surface area contributed by atoms with Gasteiger partial charge in [-0.25, -0.2) is 0 Å². The predicted octanol–water partition coefficient (Wildman–Crippen LogP) is 10.2. The van der Waals surface area contributed by atoms with Gasteiger partial charge in [-0.15, -0.1) is 0 Å². The van der Waals surface area contributed by atoms with Gasteiger partial charge in [0.1, 0.15) is 0 Å². The summed E-state index contributed by atoms with van der Waals surface area (Å²) in [5.41, 5.74) is 11.1. The van der Waals surface area contributed by atoms with Gasteiger partial charge in [0.05, 0.1) is 11.0 Å². The largest absolute Gasteiger partial charge is 0.344 e. The van der Waals surface area contributed by atoms with Crippen LogP contribution in [0.1, 0.15) is 24.0 Å². The molecule has 0 radical (unpaired) electrons. The van der Waals surface area contributed by atoms with E-state index < -0.39 is 0 Å². The number of hydrogen-bond acceptors (Lipinski definition) is 0. The molecule has 2 nitrogen and oxygen atoms in total. The molecule has 2 aliphatic carbocycles. The second-order valence-corrected chi connectivity index (χ2v) is 10.9. The van der Waals surface area contributed by atoms with E-state index in [9.17, 15) is 0 Å². The topological polar surface area (TPSA) is 9.86 Å². The third-order valence-corrected chi connectivity index (χ3v) is 8.53. The highest BCUT2D eigenvalue weighted by molar-refractivity contribution is 6.28. The van der Waals surface area contributed by atoms with Gasteiger partial charge in [-0.2, -0.15) is 0 Å². The van der Waals surface area contributed by atoms with Crippen LogP contribution in [0.3, 0.4) is 0 Å². The molecule has 0 N–H and O–H groups in total. The fraction of sp³-hybridized carbons (Fsp3) is 0.0769. The Labute approximate surface area is 239 Å². The van der Waals surface area contributed by atoms with Gasteiger partial charge in [-0.05, 0) is 77.6 Å². The van der Waals surface area contributed by atoms with E-state index in [2.05, 4.69) is 156 Å². The van der Waals surface area contributed by atoms with Crippen molar-refractivity contribution in [1.29, 1.82) is 0 Å². The SMILES string of the molecule is Cn1c2ccccc2c2c3c4ccccc4n(-c4cc(C5=CC=CCC=C5)cc(C5=CCC=CC=C5)c4)c3ccc21.